The van der Waals surface area contributed by atoms with Gasteiger partial charge in [-0.2, -0.15) is 0 Å². The molecule has 3 nitrogen and oxygen atoms in total. The van der Waals surface area contributed by atoms with Crippen molar-refractivity contribution in [3.05, 3.63) is 64.4 Å². The Bertz CT molecular complexity index is 904. The van der Waals surface area contributed by atoms with Crippen LogP contribution in [0.4, 0.5) is 4.39 Å². The summed E-state index contributed by atoms with van der Waals surface area (Å²) in [6.45, 7) is 2.07. The van der Waals surface area contributed by atoms with E-state index in [0.717, 1.165) is 29.4 Å². The molecule has 0 aliphatic heterocycles. The van der Waals surface area contributed by atoms with E-state index in [1.54, 1.807) is 12.1 Å². The quantitative estimate of drug-likeness (QED) is 0.539. The molecule has 0 atom stereocenters. The summed E-state index contributed by atoms with van der Waals surface area (Å²) in [4.78, 5) is 0. The highest BCUT2D eigenvalue weighted by molar-refractivity contribution is 7.98. The van der Waals surface area contributed by atoms with Crippen molar-refractivity contribution < 1.29 is 4.39 Å². The number of aromatic nitrogens is 3. The lowest BCUT2D eigenvalue weighted by Crippen LogP contribution is -2.00. The Balaban J connectivity index is 1.61. The van der Waals surface area contributed by atoms with Gasteiger partial charge in [0.2, 0.25) is 0 Å². The van der Waals surface area contributed by atoms with Crippen LogP contribution in [0.2, 0.25) is 5.02 Å². The Kier molecular flexibility index (Phi) is 4.52. The second-order valence-corrected chi connectivity index (χ2v) is 7.68. The first-order valence-corrected chi connectivity index (χ1v) is 9.57. The number of hydrogen-bond acceptors (Lipinski definition) is 3. The van der Waals surface area contributed by atoms with E-state index in [-0.39, 0.29) is 5.82 Å². The van der Waals surface area contributed by atoms with Crippen molar-refractivity contribution in [3.63, 3.8) is 0 Å². The molecule has 25 heavy (non-hydrogen) atoms. The first-order chi connectivity index (χ1) is 12.1. The van der Waals surface area contributed by atoms with Crippen LogP contribution in [0.25, 0.3) is 11.4 Å². The Hall–Kier alpha value is -1.85. The number of thioether (sulfide) groups is 1. The van der Waals surface area contributed by atoms with E-state index in [1.165, 1.54) is 23.4 Å². The number of aryl methyl sites for hydroxylation is 1. The van der Waals surface area contributed by atoms with Gasteiger partial charge in [-0.15, -0.1) is 10.2 Å². The average molecular weight is 374 g/mol. The van der Waals surface area contributed by atoms with Crippen molar-refractivity contribution in [2.45, 2.75) is 36.7 Å². The molecule has 6 heteroatoms. The van der Waals surface area contributed by atoms with E-state index in [9.17, 15) is 4.39 Å². The van der Waals surface area contributed by atoms with Crippen molar-refractivity contribution in [3.8, 4) is 11.4 Å². The zero-order valence-corrected chi connectivity index (χ0v) is 15.3. The van der Waals surface area contributed by atoms with Gasteiger partial charge in [-0.25, -0.2) is 4.39 Å². The van der Waals surface area contributed by atoms with Gasteiger partial charge < -0.3 is 0 Å². The molecule has 0 unspecified atom stereocenters. The molecule has 0 amide bonds. The third-order valence-corrected chi connectivity index (χ3v) is 5.49. The second kappa shape index (κ2) is 6.81. The van der Waals surface area contributed by atoms with E-state index in [1.807, 2.05) is 0 Å². The Morgan fingerprint density at radius 1 is 1.16 bits per heavy atom. The molecule has 4 rings (SSSR count). The summed E-state index contributed by atoms with van der Waals surface area (Å²) in [5, 5.41) is 10.0. The van der Waals surface area contributed by atoms with E-state index in [4.69, 9.17) is 11.6 Å². The molecule has 1 fully saturated rings. The summed E-state index contributed by atoms with van der Waals surface area (Å²) in [5.74, 6) is 1.11. The third-order valence-electron chi connectivity index (χ3n) is 4.26. The maximum absolute atomic E-state index is 14.0. The van der Waals surface area contributed by atoms with Crippen molar-refractivity contribution in [1.29, 1.82) is 0 Å². The van der Waals surface area contributed by atoms with Gasteiger partial charge >= 0.3 is 0 Å². The fraction of sp³-hybridized carbons (Fsp3) is 0.263. The van der Waals surface area contributed by atoms with Gasteiger partial charge in [0.25, 0.3) is 0 Å². The summed E-state index contributed by atoms with van der Waals surface area (Å²) < 4.78 is 16.2. The van der Waals surface area contributed by atoms with Crippen molar-refractivity contribution in [2.75, 3.05) is 0 Å². The number of nitrogens with zero attached hydrogens (tertiary/aromatic N) is 3. The Morgan fingerprint density at radius 3 is 2.60 bits per heavy atom. The van der Waals surface area contributed by atoms with Gasteiger partial charge in [0.15, 0.2) is 11.0 Å². The van der Waals surface area contributed by atoms with Gasteiger partial charge in [0, 0.05) is 22.4 Å². The van der Waals surface area contributed by atoms with E-state index in [0.29, 0.717) is 22.4 Å². The van der Waals surface area contributed by atoms with E-state index < -0.39 is 0 Å². The molecule has 1 aliphatic carbocycles. The summed E-state index contributed by atoms with van der Waals surface area (Å²) in [6.07, 6.45) is 2.28. The van der Waals surface area contributed by atoms with Crippen LogP contribution in [-0.4, -0.2) is 14.8 Å². The van der Waals surface area contributed by atoms with E-state index in [2.05, 4.69) is 46.0 Å². The molecular weight excluding hydrogens is 357 g/mol. The summed E-state index contributed by atoms with van der Waals surface area (Å²) in [7, 11) is 0. The number of rotatable bonds is 5. The van der Waals surface area contributed by atoms with Crippen LogP contribution in [0, 0.1) is 12.7 Å². The van der Waals surface area contributed by atoms with Crippen LogP contribution in [0.3, 0.4) is 0 Å². The minimum atomic E-state index is -0.281. The standard InChI is InChI=1S/C19H17ClFN3S/c1-12-2-4-13(5-3-12)18-22-23-19(24(18)16-8-9-16)25-11-14-6-7-15(20)10-17(14)21/h2-7,10,16H,8-9,11H2,1H3. The average Bonchev–Trinajstić information content (AvgIpc) is 3.35. The highest BCUT2D eigenvalue weighted by Crippen LogP contribution is 2.41. The smallest absolute Gasteiger partial charge is 0.192 e. The number of benzene rings is 2. The van der Waals surface area contributed by atoms with E-state index >= 15 is 0 Å². The molecule has 0 radical (unpaired) electrons. The maximum Gasteiger partial charge on any atom is 0.192 e. The maximum atomic E-state index is 14.0. The summed E-state index contributed by atoms with van der Waals surface area (Å²) in [5.41, 5.74) is 2.90. The van der Waals surface area contributed by atoms with Crippen LogP contribution in [0.1, 0.15) is 30.0 Å². The van der Waals surface area contributed by atoms with Crippen molar-refractivity contribution in [2.24, 2.45) is 0 Å². The normalized spacial score (nSPS) is 14.0. The monoisotopic (exact) mass is 373 g/mol. The molecular formula is C19H17ClFN3S. The lowest BCUT2D eigenvalue weighted by molar-refractivity contribution is 0.617. The first kappa shape index (κ1) is 16.6. The predicted molar refractivity (Wildman–Crippen MR) is 99.4 cm³/mol. The van der Waals surface area contributed by atoms with Crippen LogP contribution in [0.5, 0.6) is 0 Å². The van der Waals surface area contributed by atoms with Gasteiger partial charge in [-0.05, 0) is 37.5 Å². The zero-order chi connectivity index (χ0) is 17.4. The van der Waals surface area contributed by atoms with Gasteiger partial charge in [-0.1, -0.05) is 59.3 Å². The largest absolute Gasteiger partial charge is 0.299 e. The molecule has 3 aromatic rings. The summed E-state index contributed by atoms with van der Waals surface area (Å²) >= 11 is 7.33. The van der Waals surface area contributed by atoms with Gasteiger partial charge in [0.1, 0.15) is 5.82 Å². The van der Waals surface area contributed by atoms with Crippen molar-refractivity contribution >= 4 is 23.4 Å². The van der Waals surface area contributed by atoms with Gasteiger partial charge in [-0.3, -0.25) is 4.57 Å². The lowest BCUT2D eigenvalue weighted by Gasteiger charge is -2.09. The Morgan fingerprint density at radius 2 is 1.92 bits per heavy atom. The second-order valence-electron chi connectivity index (χ2n) is 6.30. The summed E-state index contributed by atoms with van der Waals surface area (Å²) in [6, 6.07) is 13.5. The van der Waals surface area contributed by atoms with Crippen LogP contribution in [0.15, 0.2) is 47.6 Å². The molecule has 1 saturated carbocycles. The zero-order valence-electron chi connectivity index (χ0n) is 13.7. The van der Waals surface area contributed by atoms with Crippen LogP contribution in [-0.2, 0) is 5.75 Å². The minimum absolute atomic E-state index is 0.281. The molecule has 0 spiro atoms. The molecule has 128 valence electrons. The highest BCUT2D eigenvalue weighted by atomic mass is 35.5. The molecule has 0 bridgehead atoms. The lowest BCUT2D eigenvalue weighted by atomic mass is 10.1. The highest BCUT2D eigenvalue weighted by Gasteiger charge is 2.30. The molecule has 0 N–H and O–H groups in total. The first-order valence-electron chi connectivity index (χ1n) is 8.20. The molecule has 2 aromatic carbocycles. The SMILES string of the molecule is Cc1ccc(-c2nnc(SCc3ccc(Cl)cc3F)n2C2CC2)cc1. The van der Waals surface area contributed by atoms with Crippen LogP contribution < -0.4 is 0 Å². The van der Waals surface area contributed by atoms with Gasteiger partial charge in [0.05, 0.1) is 0 Å². The number of hydrogen-bond donors (Lipinski definition) is 0. The molecule has 1 heterocycles. The third kappa shape index (κ3) is 3.58. The topological polar surface area (TPSA) is 30.7 Å². The predicted octanol–water partition coefficient (Wildman–Crippen LogP) is 5.67. The van der Waals surface area contributed by atoms with Crippen LogP contribution >= 0.6 is 23.4 Å². The number of halogens is 2. The minimum Gasteiger partial charge on any atom is -0.299 e. The fourth-order valence-electron chi connectivity index (χ4n) is 2.72. The fourth-order valence-corrected chi connectivity index (χ4v) is 3.87. The molecule has 1 aromatic heterocycles. The molecule has 0 saturated heterocycles. The van der Waals surface area contributed by atoms with Crippen molar-refractivity contribution in [1.82, 2.24) is 14.8 Å². The molecule has 1 aliphatic rings. The Labute approximate surface area is 155 Å².